The Bertz CT molecular complexity index is 867. The van der Waals surface area contributed by atoms with E-state index in [9.17, 15) is 4.79 Å². The monoisotopic (exact) mass is 319 g/mol. The van der Waals surface area contributed by atoms with Crippen LogP contribution in [0.4, 0.5) is 5.69 Å². The molecule has 0 aliphatic carbocycles. The van der Waals surface area contributed by atoms with Crippen LogP contribution in [0.5, 0.6) is 0 Å². The van der Waals surface area contributed by atoms with E-state index in [0.29, 0.717) is 6.54 Å². The van der Waals surface area contributed by atoms with E-state index in [0.717, 1.165) is 37.1 Å². The second-order valence-corrected chi connectivity index (χ2v) is 6.19. The quantitative estimate of drug-likeness (QED) is 0.779. The summed E-state index contributed by atoms with van der Waals surface area (Å²) < 4.78 is 2.19. The highest BCUT2D eigenvalue weighted by Crippen LogP contribution is 2.28. The molecule has 0 bridgehead atoms. The van der Waals surface area contributed by atoms with Crippen molar-refractivity contribution in [1.29, 1.82) is 0 Å². The van der Waals surface area contributed by atoms with Crippen molar-refractivity contribution in [3.05, 3.63) is 65.9 Å². The van der Waals surface area contributed by atoms with Crippen LogP contribution in [0.1, 0.15) is 11.3 Å². The summed E-state index contributed by atoms with van der Waals surface area (Å²) in [6, 6.07) is 18.0. The number of fused-ring (bicyclic) bond motifs is 3. The predicted octanol–water partition coefficient (Wildman–Crippen LogP) is 2.97. The van der Waals surface area contributed by atoms with Gasteiger partial charge in [-0.05, 0) is 36.7 Å². The maximum absolute atomic E-state index is 12.5. The number of nitrogens with one attached hydrogen (secondary N) is 2. The average Bonchev–Trinajstić information content (AvgIpc) is 2.77. The third-order valence-corrected chi connectivity index (χ3v) is 4.64. The summed E-state index contributed by atoms with van der Waals surface area (Å²) in [5, 5.41) is 7.72. The van der Waals surface area contributed by atoms with Gasteiger partial charge in [0.25, 0.3) is 0 Å². The van der Waals surface area contributed by atoms with Crippen LogP contribution in [0.2, 0.25) is 0 Å². The van der Waals surface area contributed by atoms with Gasteiger partial charge in [0, 0.05) is 35.2 Å². The van der Waals surface area contributed by atoms with Gasteiger partial charge in [-0.3, -0.25) is 4.79 Å². The molecule has 1 amide bonds. The van der Waals surface area contributed by atoms with E-state index < -0.39 is 0 Å². The molecule has 2 aromatic carbocycles. The Morgan fingerprint density at radius 2 is 1.75 bits per heavy atom. The molecule has 0 unspecified atom stereocenters. The molecule has 0 saturated carbocycles. The van der Waals surface area contributed by atoms with Gasteiger partial charge in [-0.2, -0.15) is 0 Å². The highest BCUT2D eigenvalue weighted by Gasteiger charge is 2.19. The van der Waals surface area contributed by atoms with E-state index in [4.69, 9.17) is 0 Å². The number of rotatable bonds is 3. The zero-order valence-electron chi connectivity index (χ0n) is 13.6. The topological polar surface area (TPSA) is 46.1 Å². The fraction of sp³-hybridized carbons (Fsp3) is 0.250. The van der Waals surface area contributed by atoms with Gasteiger partial charge < -0.3 is 15.2 Å². The van der Waals surface area contributed by atoms with Crippen molar-refractivity contribution in [3.8, 4) is 0 Å². The third kappa shape index (κ3) is 2.81. The summed E-state index contributed by atoms with van der Waals surface area (Å²) in [6.45, 7) is 2.31. The summed E-state index contributed by atoms with van der Waals surface area (Å²) in [4.78, 5) is 12.5. The number of hydrogen-bond donors (Lipinski definition) is 2. The van der Waals surface area contributed by atoms with E-state index in [1.807, 2.05) is 36.4 Å². The summed E-state index contributed by atoms with van der Waals surface area (Å²) in [7, 11) is 0. The van der Waals surface area contributed by atoms with Crippen LogP contribution in [-0.2, 0) is 24.2 Å². The Morgan fingerprint density at radius 1 is 1.00 bits per heavy atom. The van der Waals surface area contributed by atoms with Crippen LogP contribution in [0, 0.1) is 0 Å². The van der Waals surface area contributed by atoms with Crippen molar-refractivity contribution in [1.82, 2.24) is 9.88 Å². The molecular weight excluding hydrogens is 298 g/mol. The first kappa shape index (κ1) is 15.0. The maximum atomic E-state index is 12.5. The average molecular weight is 319 g/mol. The summed E-state index contributed by atoms with van der Waals surface area (Å²) in [5.74, 6) is 0.0157. The highest BCUT2D eigenvalue weighted by molar-refractivity contribution is 5.93. The van der Waals surface area contributed by atoms with Crippen molar-refractivity contribution in [2.75, 3.05) is 18.4 Å². The Hall–Kier alpha value is -2.59. The first-order chi connectivity index (χ1) is 11.8. The second-order valence-electron chi connectivity index (χ2n) is 6.19. The van der Waals surface area contributed by atoms with E-state index in [-0.39, 0.29) is 5.91 Å². The summed E-state index contributed by atoms with van der Waals surface area (Å²) >= 11 is 0. The Kier molecular flexibility index (Phi) is 4.05. The van der Waals surface area contributed by atoms with Gasteiger partial charge in [-0.15, -0.1) is 0 Å². The molecule has 0 spiro atoms. The number of hydrogen-bond acceptors (Lipinski definition) is 2. The fourth-order valence-electron chi connectivity index (χ4n) is 3.58. The van der Waals surface area contributed by atoms with Crippen LogP contribution in [0.3, 0.4) is 0 Å². The van der Waals surface area contributed by atoms with Gasteiger partial charge in [0.15, 0.2) is 0 Å². The molecule has 1 aliphatic rings. The van der Waals surface area contributed by atoms with Crippen LogP contribution in [0.25, 0.3) is 10.9 Å². The van der Waals surface area contributed by atoms with E-state index in [2.05, 4.69) is 33.4 Å². The van der Waals surface area contributed by atoms with E-state index in [1.165, 1.54) is 16.6 Å². The molecule has 2 N–H and O–H groups in total. The Labute approximate surface area is 141 Å². The van der Waals surface area contributed by atoms with Gasteiger partial charge in [0.1, 0.15) is 6.54 Å². The molecule has 0 atom stereocenters. The van der Waals surface area contributed by atoms with Gasteiger partial charge >= 0.3 is 0 Å². The number of anilines is 1. The van der Waals surface area contributed by atoms with Crippen molar-refractivity contribution in [3.63, 3.8) is 0 Å². The number of para-hydroxylation sites is 2. The number of carbonyl (C=O) groups is 1. The molecule has 0 saturated heterocycles. The van der Waals surface area contributed by atoms with Crippen molar-refractivity contribution in [2.45, 2.75) is 19.4 Å². The molecule has 0 radical (unpaired) electrons. The standard InChI is InChI=1S/C20H21N3O/c24-20(22-15-6-2-1-3-7-15)14-23-18-9-5-4-8-16(18)17-10-12-21-13-11-19(17)23/h1-9,21H,10-14H2,(H,22,24). The van der Waals surface area contributed by atoms with E-state index in [1.54, 1.807) is 0 Å². The number of amides is 1. The third-order valence-electron chi connectivity index (χ3n) is 4.64. The summed E-state index contributed by atoms with van der Waals surface area (Å²) in [6.07, 6.45) is 1.98. The van der Waals surface area contributed by atoms with Gasteiger partial charge in [-0.1, -0.05) is 36.4 Å². The molecule has 3 aromatic rings. The Morgan fingerprint density at radius 3 is 2.62 bits per heavy atom. The molecule has 4 rings (SSSR count). The second kappa shape index (κ2) is 6.49. The number of benzene rings is 2. The first-order valence-electron chi connectivity index (χ1n) is 8.47. The first-order valence-corrected chi connectivity index (χ1v) is 8.47. The lowest BCUT2D eigenvalue weighted by molar-refractivity contribution is -0.116. The molecule has 4 nitrogen and oxygen atoms in total. The SMILES string of the molecule is O=C(Cn1c2c(c3ccccc31)CCNCC2)Nc1ccccc1. The lowest BCUT2D eigenvalue weighted by Gasteiger charge is -2.11. The highest BCUT2D eigenvalue weighted by atomic mass is 16.1. The van der Waals surface area contributed by atoms with Gasteiger partial charge in [0.2, 0.25) is 5.91 Å². The molecule has 122 valence electrons. The zero-order chi connectivity index (χ0) is 16.4. The molecule has 1 aliphatic heterocycles. The van der Waals surface area contributed by atoms with Crippen LogP contribution < -0.4 is 10.6 Å². The lowest BCUT2D eigenvalue weighted by atomic mass is 10.1. The number of nitrogens with zero attached hydrogens (tertiary/aromatic N) is 1. The minimum Gasteiger partial charge on any atom is -0.335 e. The Balaban J connectivity index is 1.68. The van der Waals surface area contributed by atoms with Gasteiger partial charge in [-0.25, -0.2) is 0 Å². The minimum atomic E-state index is 0.0157. The maximum Gasteiger partial charge on any atom is 0.244 e. The lowest BCUT2D eigenvalue weighted by Crippen LogP contribution is -2.21. The molecule has 4 heteroatoms. The number of carbonyl (C=O) groups excluding carboxylic acids is 1. The molecule has 1 aromatic heterocycles. The largest absolute Gasteiger partial charge is 0.335 e. The normalized spacial score (nSPS) is 14.2. The van der Waals surface area contributed by atoms with Crippen LogP contribution in [0.15, 0.2) is 54.6 Å². The zero-order valence-corrected chi connectivity index (χ0v) is 13.6. The predicted molar refractivity (Wildman–Crippen MR) is 97.3 cm³/mol. The van der Waals surface area contributed by atoms with Gasteiger partial charge in [0.05, 0.1) is 0 Å². The van der Waals surface area contributed by atoms with Crippen LogP contribution in [-0.4, -0.2) is 23.6 Å². The van der Waals surface area contributed by atoms with Crippen molar-refractivity contribution < 1.29 is 4.79 Å². The summed E-state index contributed by atoms with van der Waals surface area (Å²) in [5.41, 5.74) is 4.69. The van der Waals surface area contributed by atoms with E-state index >= 15 is 0 Å². The fourth-order valence-corrected chi connectivity index (χ4v) is 3.58. The van der Waals surface area contributed by atoms with Crippen molar-refractivity contribution >= 4 is 22.5 Å². The molecule has 24 heavy (non-hydrogen) atoms. The molecule has 0 fully saturated rings. The van der Waals surface area contributed by atoms with Crippen molar-refractivity contribution in [2.24, 2.45) is 0 Å². The number of aromatic nitrogens is 1. The minimum absolute atomic E-state index is 0.0157. The van der Waals surface area contributed by atoms with Crippen LogP contribution >= 0.6 is 0 Å². The smallest absolute Gasteiger partial charge is 0.244 e. The molecule has 2 heterocycles. The molecular formula is C20H21N3O.